The highest BCUT2D eigenvalue weighted by Crippen LogP contribution is 2.34. The van der Waals surface area contributed by atoms with Crippen molar-refractivity contribution >= 4 is 28.6 Å². The van der Waals surface area contributed by atoms with E-state index in [1.165, 1.54) is 10.9 Å². The average molecular weight is 304 g/mol. The average Bonchev–Trinajstić information content (AvgIpc) is 2.93. The number of ether oxygens (including phenoxy) is 1. The highest BCUT2D eigenvalue weighted by molar-refractivity contribution is 6.28. The van der Waals surface area contributed by atoms with E-state index in [1.807, 2.05) is 0 Å². The lowest BCUT2D eigenvalue weighted by atomic mass is 10.1. The molecular formula is C10H11ClFN5O3. The van der Waals surface area contributed by atoms with Gasteiger partial charge in [-0.2, -0.15) is 9.97 Å². The molecule has 1 fully saturated rings. The monoisotopic (exact) mass is 303 g/mol. The molecule has 0 radical (unpaired) electrons. The minimum absolute atomic E-state index is 0.0615. The van der Waals surface area contributed by atoms with Crippen LogP contribution in [0.15, 0.2) is 6.33 Å². The van der Waals surface area contributed by atoms with Crippen molar-refractivity contribution < 1.29 is 19.3 Å². The second-order valence-electron chi connectivity index (χ2n) is 4.38. The summed E-state index contributed by atoms with van der Waals surface area (Å²) in [6, 6.07) is 0. The minimum Gasteiger partial charge on any atom is -0.394 e. The molecule has 20 heavy (non-hydrogen) atoms. The van der Waals surface area contributed by atoms with Crippen LogP contribution in [0.25, 0.3) is 11.2 Å². The van der Waals surface area contributed by atoms with Crippen LogP contribution >= 0.6 is 11.6 Å². The van der Waals surface area contributed by atoms with E-state index in [1.54, 1.807) is 0 Å². The van der Waals surface area contributed by atoms with Gasteiger partial charge in [-0.15, -0.1) is 0 Å². The van der Waals surface area contributed by atoms with E-state index < -0.39 is 31.2 Å². The number of nitrogens with two attached hydrogens (primary N) is 1. The van der Waals surface area contributed by atoms with Crippen LogP contribution in [0.5, 0.6) is 0 Å². The number of aliphatic hydroxyl groups is 2. The number of hydrogen-bond acceptors (Lipinski definition) is 7. The molecule has 3 heterocycles. The van der Waals surface area contributed by atoms with Crippen LogP contribution < -0.4 is 5.73 Å². The Morgan fingerprint density at radius 2 is 2.25 bits per heavy atom. The first-order valence-corrected chi connectivity index (χ1v) is 6.14. The van der Waals surface area contributed by atoms with E-state index >= 15 is 0 Å². The van der Waals surface area contributed by atoms with Crippen LogP contribution in [0.3, 0.4) is 0 Å². The van der Waals surface area contributed by atoms with Gasteiger partial charge in [0.2, 0.25) is 5.28 Å². The predicted molar refractivity (Wildman–Crippen MR) is 66.6 cm³/mol. The molecule has 4 atom stereocenters. The molecule has 108 valence electrons. The number of halogens is 2. The molecule has 2 aromatic rings. The van der Waals surface area contributed by atoms with Gasteiger partial charge in [-0.3, -0.25) is 4.57 Å². The van der Waals surface area contributed by atoms with Crippen LogP contribution in [0.1, 0.15) is 6.23 Å². The summed E-state index contributed by atoms with van der Waals surface area (Å²) < 4.78 is 20.6. The Bertz CT molecular complexity index is 653. The smallest absolute Gasteiger partial charge is 0.226 e. The molecule has 1 aliphatic heterocycles. The molecule has 1 aliphatic rings. The SMILES string of the molecule is Nc1nc(Cl)nc2c1ncn2[C@H]1O[C@H](CO)[C@@H](O)[C@@H]1F. The third kappa shape index (κ3) is 1.90. The molecule has 4 N–H and O–H groups in total. The van der Waals surface area contributed by atoms with Crippen molar-refractivity contribution in [1.82, 2.24) is 19.5 Å². The van der Waals surface area contributed by atoms with E-state index in [2.05, 4.69) is 15.0 Å². The third-order valence-electron chi connectivity index (χ3n) is 3.17. The first-order chi connectivity index (χ1) is 9.52. The van der Waals surface area contributed by atoms with Gasteiger partial charge < -0.3 is 20.7 Å². The number of fused-ring (bicyclic) bond motifs is 1. The van der Waals surface area contributed by atoms with E-state index in [0.717, 1.165) is 0 Å². The summed E-state index contributed by atoms with van der Waals surface area (Å²) in [5.74, 6) is 0.0615. The maximum Gasteiger partial charge on any atom is 0.226 e. The van der Waals surface area contributed by atoms with Crippen molar-refractivity contribution in [2.45, 2.75) is 24.6 Å². The molecule has 0 bridgehead atoms. The van der Waals surface area contributed by atoms with Crippen LogP contribution in [0, 0.1) is 0 Å². The van der Waals surface area contributed by atoms with Crippen molar-refractivity contribution in [3.63, 3.8) is 0 Å². The number of imidazole rings is 1. The molecule has 0 unspecified atom stereocenters. The van der Waals surface area contributed by atoms with Crippen molar-refractivity contribution in [3.05, 3.63) is 11.6 Å². The van der Waals surface area contributed by atoms with Crippen molar-refractivity contribution in [1.29, 1.82) is 0 Å². The molecule has 0 aliphatic carbocycles. The van der Waals surface area contributed by atoms with Gasteiger partial charge in [-0.05, 0) is 11.6 Å². The molecule has 10 heteroatoms. The number of alkyl halides is 1. The first-order valence-electron chi connectivity index (χ1n) is 5.77. The number of nitrogen functional groups attached to an aromatic ring is 1. The van der Waals surface area contributed by atoms with Crippen molar-refractivity contribution in [2.75, 3.05) is 12.3 Å². The summed E-state index contributed by atoms with van der Waals surface area (Å²) in [5, 5.41) is 18.6. The fraction of sp³-hybridized carbons (Fsp3) is 0.500. The van der Waals surface area contributed by atoms with Crippen LogP contribution in [-0.2, 0) is 4.74 Å². The fourth-order valence-electron chi connectivity index (χ4n) is 2.18. The third-order valence-corrected chi connectivity index (χ3v) is 3.34. The summed E-state index contributed by atoms with van der Waals surface area (Å²) in [4.78, 5) is 11.7. The normalized spacial score (nSPS) is 30.2. The standard InChI is InChI=1S/C10H11ClFN5O3/c11-10-15-7(13)5-8(16-10)17(2-14-5)9-4(12)6(19)3(1-18)20-9/h2-4,6,9,18-19H,1H2,(H2,13,15,16)/t3-,4+,6-,9+/m1/s1. The van der Waals surface area contributed by atoms with Gasteiger partial charge >= 0.3 is 0 Å². The molecule has 8 nitrogen and oxygen atoms in total. The highest BCUT2D eigenvalue weighted by atomic mass is 35.5. The highest BCUT2D eigenvalue weighted by Gasteiger charge is 2.45. The zero-order valence-corrected chi connectivity index (χ0v) is 10.8. The molecule has 0 spiro atoms. The zero-order chi connectivity index (χ0) is 14.4. The predicted octanol–water partition coefficient (Wildman–Crippen LogP) is -0.349. The number of aromatic nitrogens is 4. The second-order valence-corrected chi connectivity index (χ2v) is 4.72. The molecule has 0 amide bonds. The van der Waals surface area contributed by atoms with Crippen LogP contribution in [0.4, 0.5) is 10.2 Å². The largest absolute Gasteiger partial charge is 0.394 e. The molecule has 0 aromatic carbocycles. The zero-order valence-electron chi connectivity index (χ0n) is 10.0. The lowest BCUT2D eigenvalue weighted by Gasteiger charge is -2.15. The van der Waals surface area contributed by atoms with Gasteiger partial charge in [0.1, 0.15) is 17.7 Å². The Balaban J connectivity index is 2.07. The van der Waals surface area contributed by atoms with Gasteiger partial charge in [0, 0.05) is 0 Å². The molecule has 2 aromatic heterocycles. The number of hydrogen-bond donors (Lipinski definition) is 3. The summed E-state index contributed by atoms with van der Waals surface area (Å²) in [7, 11) is 0. The lowest BCUT2D eigenvalue weighted by molar-refractivity contribution is -0.0459. The maximum atomic E-state index is 14.1. The molecule has 0 saturated carbocycles. The van der Waals surface area contributed by atoms with Gasteiger partial charge in [0.05, 0.1) is 12.9 Å². The van der Waals surface area contributed by atoms with Gasteiger partial charge in [0.15, 0.2) is 23.9 Å². The summed E-state index contributed by atoms with van der Waals surface area (Å²) in [6.45, 7) is -0.497. The minimum atomic E-state index is -1.74. The fourth-order valence-corrected chi connectivity index (χ4v) is 2.35. The van der Waals surface area contributed by atoms with Crippen molar-refractivity contribution in [3.8, 4) is 0 Å². The topological polar surface area (TPSA) is 119 Å². The Hall–Kier alpha value is -1.55. The Morgan fingerprint density at radius 1 is 1.50 bits per heavy atom. The van der Waals surface area contributed by atoms with Gasteiger partial charge in [-0.1, -0.05) is 0 Å². The molecule has 3 rings (SSSR count). The second kappa shape index (κ2) is 4.77. The number of rotatable bonds is 2. The molecule has 1 saturated heterocycles. The number of anilines is 1. The van der Waals surface area contributed by atoms with Crippen LogP contribution in [-0.4, -0.2) is 54.7 Å². The summed E-state index contributed by atoms with van der Waals surface area (Å²) in [5.41, 5.74) is 6.10. The van der Waals surface area contributed by atoms with E-state index in [0.29, 0.717) is 0 Å². The lowest BCUT2D eigenvalue weighted by Crippen LogP contribution is -2.30. The number of aliphatic hydroxyl groups excluding tert-OH is 2. The van der Waals surface area contributed by atoms with E-state index in [9.17, 15) is 9.50 Å². The van der Waals surface area contributed by atoms with E-state index in [4.69, 9.17) is 27.2 Å². The van der Waals surface area contributed by atoms with Gasteiger partial charge in [-0.25, -0.2) is 9.37 Å². The number of nitrogens with zero attached hydrogens (tertiary/aromatic N) is 4. The quantitative estimate of drug-likeness (QED) is 0.649. The Labute approximate surface area is 117 Å². The summed E-state index contributed by atoms with van der Waals surface area (Å²) in [6.07, 6.45) is -4.08. The summed E-state index contributed by atoms with van der Waals surface area (Å²) >= 11 is 5.71. The van der Waals surface area contributed by atoms with Crippen LogP contribution in [0.2, 0.25) is 5.28 Å². The Morgan fingerprint density at radius 3 is 2.90 bits per heavy atom. The first kappa shape index (κ1) is 13.4. The van der Waals surface area contributed by atoms with Crippen molar-refractivity contribution in [2.24, 2.45) is 0 Å². The van der Waals surface area contributed by atoms with E-state index in [-0.39, 0.29) is 22.3 Å². The maximum absolute atomic E-state index is 14.1. The Kier molecular flexibility index (Phi) is 3.21. The van der Waals surface area contributed by atoms with Gasteiger partial charge in [0.25, 0.3) is 0 Å². The molecular weight excluding hydrogens is 293 g/mol.